The molecule has 164 valence electrons. The van der Waals surface area contributed by atoms with Crippen LogP contribution in [0.5, 0.6) is 0 Å². The maximum atomic E-state index is 12.5. The zero-order valence-electron chi connectivity index (χ0n) is 17.0. The Morgan fingerprint density at radius 1 is 1.17 bits per heavy atom. The molecule has 0 unspecified atom stereocenters. The van der Waals surface area contributed by atoms with E-state index in [1.54, 1.807) is 32.9 Å². The molecule has 11 heteroatoms. The minimum absolute atomic E-state index is 0.145. The molecule has 1 aromatic carbocycles. The van der Waals surface area contributed by atoms with E-state index >= 15 is 0 Å². The Labute approximate surface area is 171 Å². The molecule has 0 aliphatic carbocycles. The van der Waals surface area contributed by atoms with Crippen molar-refractivity contribution in [2.45, 2.75) is 45.8 Å². The van der Waals surface area contributed by atoms with E-state index in [0.29, 0.717) is 18.8 Å². The van der Waals surface area contributed by atoms with Crippen LogP contribution in [-0.2, 0) is 31.0 Å². The average Bonchev–Trinajstić information content (AvgIpc) is 2.56. The van der Waals surface area contributed by atoms with Gasteiger partial charge >= 0.3 is 16.4 Å². The molecule has 0 fully saturated rings. The smallest absolute Gasteiger partial charge is 0.408 e. The highest BCUT2D eigenvalue weighted by Gasteiger charge is 2.24. The van der Waals surface area contributed by atoms with Crippen molar-refractivity contribution in [2.24, 2.45) is 0 Å². The molecule has 1 aromatic rings. The van der Waals surface area contributed by atoms with Crippen molar-refractivity contribution in [2.75, 3.05) is 24.5 Å². The van der Waals surface area contributed by atoms with Gasteiger partial charge in [0.15, 0.2) is 0 Å². The van der Waals surface area contributed by atoms with E-state index in [0.717, 1.165) is 0 Å². The normalized spacial score (nSPS) is 12.7. The number of alkyl carbamates (subject to hydrolysis) is 1. The third kappa shape index (κ3) is 11.3. The number of ether oxygens (including phenoxy) is 2. The van der Waals surface area contributed by atoms with Gasteiger partial charge in [-0.25, -0.2) is 4.79 Å². The van der Waals surface area contributed by atoms with Crippen molar-refractivity contribution in [3.63, 3.8) is 0 Å². The zero-order valence-corrected chi connectivity index (χ0v) is 17.8. The highest BCUT2D eigenvalue weighted by Crippen LogP contribution is 2.13. The Bertz CT molecular complexity index is 774. The van der Waals surface area contributed by atoms with Crippen molar-refractivity contribution in [1.29, 1.82) is 0 Å². The molecular formula is C18H29N3O7S. The molecule has 0 radical (unpaired) electrons. The van der Waals surface area contributed by atoms with Gasteiger partial charge in [-0.3, -0.25) is 14.1 Å². The third-order valence-electron chi connectivity index (χ3n) is 3.40. The molecule has 2 amide bonds. The number of carbonyl (C=O) groups excluding carboxylic acids is 2. The summed E-state index contributed by atoms with van der Waals surface area (Å²) >= 11 is 0. The topological polar surface area (TPSA) is 143 Å². The summed E-state index contributed by atoms with van der Waals surface area (Å²) in [6, 6.07) is 5.10. The van der Waals surface area contributed by atoms with Gasteiger partial charge in [0.25, 0.3) is 0 Å². The van der Waals surface area contributed by atoms with E-state index in [2.05, 4.69) is 10.6 Å². The van der Waals surface area contributed by atoms with Crippen molar-refractivity contribution >= 4 is 28.0 Å². The van der Waals surface area contributed by atoms with E-state index < -0.39 is 33.9 Å². The quantitative estimate of drug-likeness (QED) is 0.325. The van der Waals surface area contributed by atoms with Crippen LogP contribution in [0.1, 0.15) is 33.3 Å². The standard InChI is InChI=1S/C18H29N3O7S/c1-5-27-11-10-19-16(22)15(20-17(23)28-18(2,3)4)12-13-6-8-14(9-7-13)21-29(24,25)26/h6-9,15,21H,5,10-12H2,1-4H3,(H,19,22)(H,20,23)(H,24,25,26)/t15-/m0/s1. The molecule has 4 N–H and O–H groups in total. The van der Waals surface area contributed by atoms with E-state index in [9.17, 15) is 18.0 Å². The maximum Gasteiger partial charge on any atom is 0.408 e. The number of carbonyl (C=O) groups is 2. The summed E-state index contributed by atoms with van der Waals surface area (Å²) in [4.78, 5) is 24.6. The SMILES string of the molecule is CCOCCNC(=O)[C@H](Cc1ccc(NS(=O)(=O)O)cc1)NC(=O)OC(C)(C)C. The first kappa shape index (κ1) is 24.7. The van der Waals surface area contributed by atoms with Crippen LogP contribution in [0.3, 0.4) is 0 Å². The molecule has 0 spiro atoms. The first-order valence-corrected chi connectivity index (χ1v) is 10.5. The maximum absolute atomic E-state index is 12.5. The fourth-order valence-electron chi connectivity index (χ4n) is 2.27. The fourth-order valence-corrected chi connectivity index (χ4v) is 2.70. The number of benzene rings is 1. The van der Waals surface area contributed by atoms with Crippen LogP contribution in [0.25, 0.3) is 0 Å². The summed E-state index contributed by atoms with van der Waals surface area (Å²) < 4.78 is 42.8. The Balaban J connectivity index is 2.83. The second-order valence-electron chi connectivity index (χ2n) is 7.16. The molecule has 0 bridgehead atoms. The van der Waals surface area contributed by atoms with Crippen molar-refractivity contribution < 1.29 is 32.0 Å². The van der Waals surface area contributed by atoms with Crippen molar-refractivity contribution in [1.82, 2.24) is 10.6 Å². The van der Waals surface area contributed by atoms with E-state index in [1.165, 1.54) is 12.1 Å². The minimum Gasteiger partial charge on any atom is -0.444 e. The van der Waals surface area contributed by atoms with Gasteiger partial charge in [-0.1, -0.05) is 12.1 Å². The van der Waals surface area contributed by atoms with Crippen LogP contribution in [-0.4, -0.2) is 56.4 Å². The van der Waals surface area contributed by atoms with Crippen LogP contribution in [0, 0.1) is 0 Å². The van der Waals surface area contributed by atoms with Gasteiger partial charge in [0.2, 0.25) is 5.91 Å². The molecule has 0 saturated carbocycles. The fraction of sp³-hybridized carbons (Fsp3) is 0.556. The molecule has 1 rings (SSSR count). The van der Waals surface area contributed by atoms with Crippen LogP contribution in [0.2, 0.25) is 0 Å². The zero-order chi connectivity index (χ0) is 22.1. The summed E-state index contributed by atoms with van der Waals surface area (Å²) in [6.45, 7) is 8.14. The van der Waals surface area contributed by atoms with E-state index in [-0.39, 0.29) is 18.7 Å². The Morgan fingerprint density at radius 2 is 1.79 bits per heavy atom. The van der Waals surface area contributed by atoms with Crippen molar-refractivity contribution in [3.8, 4) is 0 Å². The summed E-state index contributed by atoms with van der Waals surface area (Å²) in [7, 11) is -4.37. The van der Waals surface area contributed by atoms with Crippen LogP contribution < -0.4 is 15.4 Å². The predicted octanol–water partition coefficient (Wildman–Crippen LogP) is 1.49. The van der Waals surface area contributed by atoms with Gasteiger partial charge in [-0.15, -0.1) is 0 Å². The van der Waals surface area contributed by atoms with Gasteiger partial charge < -0.3 is 20.1 Å². The molecule has 0 heterocycles. The monoisotopic (exact) mass is 431 g/mol. The second kappa shape index (κ2) is 11.0. The van der Waals surface area contributed by atoms with Gasteiger partial charge in [0, 0.05) is 19.6 Å². The highest BCUT2D eigenvalue weighted by atomic mass is 32.2. The molecule has 0 saturated heterocycles. The molecule has 0 aliphatic heterocycles. The summed E-state index contributed by atoms with van der Waals surface area (Å²) in [5.41, 5.74) is 0.101. The Morgan fingerprint density at radius 3 is 2.31 bits per heavy atom. The third-order valence-corrected chi connectivity index (χ3v) is 3.89. The summed E-state index contributed by atoms with van der Waals surface area (Å²) in [6.07, 6.45) is -0.585. The number of nitrogens with one attached hydrogen (secondary N) is 3. The highest BCUT2D eigenvalue weighted by molar-refractivity contribution is 7.87. The number of hydrogen-bond donors (Lipinski definition) is 4. The van der Waals surface area contributed by atoms with Crippen molar-refractivity contribution in [3.05, 3.63) is 29.8 Å². The summed E-state index contributed by atoms with van der Waals surface area (Å²) in [5.74, 6) is -0.407. The lowest BCUT2D eigenvalue weighted by molar-refractivity contribution is -0.123. The minimum atomic E-state index is -4.37. The first-order valence-electron chi connectivity index (χ1n) is 9.09. The first-order chi connectivity index (χ1) is 13.4. The van der Waals surface area contributed by atoms with Gasteiger partial charge in [0.1, 0.15) is 11.6 Å². The summed E-state index contributed by atoms with van der Waals surface area (Å²) in [5, 5.41) is 5.24. The molecular weight excluding hydrogens is 402 g/mol. The van der Waals surface area contributed by atoms with Crippen LogP contribution in [0.15, 0.2) is 24.3 Å². The Hall–Kier alpha value is -2.37. The average molecular weight is 432 g/mol. The van der Waals surface area contributed by atoms with E-state index in [4.69, 9.17) is 14.0 Å². The molecule has 29 heavy (non-hydrogen) atoms. The molecule has 0 aliphatic rings. The Kier molecular flexibility index (Phi) is 9.34. The second-order valence-corrected chi connectivity index (χ2v) is 8.32. The lowest BCUT2D eigenvalue weighted by atomic mass is 10.0. The lowest BCUT2D eigenvalue weighted by Gasteiger charge is -2.23. The van der Waals surface area contributed by atoms with E-state index in [1.807, 2.05) is 11.6 Å². The molecule has 1 atom stereocenters. The number of rotatable bonds is 10. The number of amides is 2. The molecule has 10 nitrogen and oxygen atoms in total. The van der Waals surface area contributed by atoms with Crippen LogP contribution >= 0.6 is 0 Å². The van der Waals surface area contributed by atoms with Gasteiger partial charge in [0.05, 0.1) is 12.3 Å². The number of hydrogen-bond acceptors (Lipinski definition) is 6. The largest absolute Gasteiger partial charge is 0.444 e. The molecule has 0 aromatic heterocycles. The lowest BCUT2D eigenvalue weighted by Crippen LogP contribution is -2.49. The van der Waals surface area contributed by atoms with Gasteiger partial charge in [-0.05, 0) is 45.4 Å². The van der Waals surface area contributed by atoms with Crippen LogP contribution in [0.4, 0.5) is 10.5 Å². The van der Waals surface area contributed by atoms with Gasteiger partial charge in [-0.2, -0.15) is 8.42 Å². The predicted molar refractivity (Wildman–Crippen MR) is 108 cm³/mol. The number of anilines is 1.